The van der Waals surface area contributed by atoms with Crippen molar-refractivity contribution in [3.05, 3.63) is 41.4 Å². The van der Waals surface area contributed by atoms with Crippen molar-refractivity contribution in [3.63, 3.8) is 0 Å². The Morgan fingerprint density at radius 3 is 2.60 bits per heavy atom. The molecule has 0 radical (unpaired) electrons. The number of rotatable bonds is 6. The van der Waals surface area contributed by atoms with E-state index in [2.05, 4.69) is 15.6 Å². The minimum absolute atomic E-state index is 0.124. The van der Waals surface area contributed by atoms with Gasteiger partial charge in [-0.1, -0.05) is 17.8 Å². The van der Waals surface area contributed by atoms with Crippen molar-refractivity contribution in [2.24, 2.45) is 0 Å². The summed E-state index contributed by atoms with van der Waals surface area (Å²) in [4.78, 5) is 53.1. The molecule has 1 unspecified atom stereocenters. The quantitative estimate of drug-likeness (QED) is 0.688. The highest BCUT2D eigenvalue weighted by Crippen LogP contribution is 2.31. The van der Waals surface area contributed by atoms with Gasteiger partial charge in [0.25, 0.3) is 5.24 Å². The number of halogens is 3. The molecule has 3 rings (SSSR count). The number of anilines is 2. The number of hydrogen-bond acceptors (Lipinski definition) is 7. The SMILES string of the molecule is O=C(CN1C(=O)SC(CC(=O)Nc2nccs2)C1=O)Nc1cccc(C(F)(F)F)c1. The highest BCUT2D eigenvalue weighted by molar-refractivity contribution is 8.15. The third-order valence-electron chi connectivity index (χ3n) is 3.83. The van der Waals surface area contributed by atoms with Gasteiger partial charge in [-0.2, -0.15) is 13.2 Å². The summed E-state index contributed by atoms with van der Waals surface area (Å²) in [7, 11) is 0. The molecule has 1 aromatic carbocycles. The van der Waals surface area contributed by atoms with E-state index >= 15 is 0 Å². The van der Waals surface area contributed by atoms with Gasteiger partial charge in [0, 0.05) is 23.7 Å². The number of alkyl halides is 3. The van der Waals surface area contributed by atoms with Crippen molar-refractivity contribution in [1.82, 2.24) is 9.88 Å². The van der Waals surface area contributed by atoms with Crippen LogP contribution in [0.1, 0.15) is 12.0 Å². The molecule has 2 heterocycles. The van der Waals surface area contributed by atoms with Crippen molar-refractivity contribution >= 4 is 56.9 Å². The Bertz CT molecular complexity index is 982. The molecule has 1 aromatic heterocycles. The van der Waals surface area contributed by atoms with Gasteiger partial charge in [0.15, 0.2) is 5.13 Å². The molecule has 0 spiro atoms. The van der Waals surface area contributed by atoms with Crippen LogP contribution in [0.2, 0.25) is 0 Å². The lowest BCUT2D eigenvalue weighted by molar-refractivity contribution is -0.137. The fourth-order valence-corrected chi connectivity index (χ4v) is 4.05. The fourth-order valence-electron chi connectivity index (χ4n) is 2.51. The van der Waals surface area contributed by atoms with Crippen molar-refractivity contribution < 1.29 is 32.3 Å². The molecule has 1 atom stereocenters. The first kappa shape index (κ1) is 21.8. The average Bonchev–Trinajstić information content (AvgIpc) is 3.25. The number of carbonyl (C=O) groups excluding carboxylic acids is 4. The minimum atomic E-state index is -4.58. The maximum Gasteiger partial charge on any atom is 0.416 e. The fraction of sp³-hybridized carbons (Fsp3) is 0.235. The highest BCUT2D eigenvalue weighted by Gasteiger charge is 2.41. The van der Waals surface area contributed by atoms with Gasteiger partial charge in [-0.05, 0) is 18.2 Å². The molecule has 2 N–H and O–H groups in total. The second kappa shape index (κ2) is 8.83. The number of hydrogen-bond donors (Lipinski definition) is 2. The van der Waals surface area contributed by atoms with Crippen LogP contribution in [0.4, 0.5) is 28.8 Å². The van der Waals surface area contributed by atoms with E-state index in [4.69, 9.17) is 0 Å². The molecular formula is C17H13F3N4O4S2. The first-order valence-electron chi connectivity index (χ1n) is 8.32. The smallest absolute Gasteiger partial charge is 0.325 e. The number of imide groups is 1. The first-order valence-corrected chi connectivity index (χ1v) is 10.1. The molecule has 1 fully saturated rings. The van der Waals surface area contributed by atoms with E-state index in [1.54, 1.807) is 5.38 Å². The zero-order chi connectivity index (χ0) is 21.9. The van der Waals surface area contributed by atoms with Crippen molar-refractivity contribution in [2.75, 3.05) is 17.2 Å². The zero-order valence-corrected chi connectivity index (χ0v) is 16.6. The average molecular weight is 458 g/mol. The van der Waals surface area contributed by atoms with Gasteiger partial charge in [0.2, 0.25) is 17.7 Å². The van der Waals surface area contributed by atoms with Crippen LogP contribution in [0.5, 0.6) is 0 Å². The summed E-state index contributed by atoms with van der Waals surface area (Å²) in [5, 5.41) is 5.00. The predicted octanol–water partition coefficient (Wildman–Crippen LogP) is 3.19. The Morgan fingerprint density at radius 1 is 1.17 bits per heavy atom. The number of nitrogens with one attached hydrogen (secondary N) is 2. The topological polar surface area (TPSA) is 108 Å². The molecule has 30 heavy (non-hydrogen) atoms. The molecular weight excluding hydrogens is 445 g/mol. The number of nitrogens with zero attached hydrogens (tertiary/aromatic N) is 2. The molecule has 1 saturated heterocycles. The Hall–Kier alpha value is -2.93. The van der Waals surface area contributed by atoms with Gasteiger partial charge >= 0.3 is 6.18 Å². The van der Waals surface area contributed by atoms with E-state index in [-0.39, 0.29) is 12.1 Å². The maximum atomic E-state index is 12.8. The van der Waals surface area contributed by atoms with Gasteiger partial charge < -0.3 is 10.6 Å². The lowest BCUT2D eigenvalue weighted by Gasteiger charge is -2.14. The summed E-state index contributed by atoms with van der Waals surface area (Å²) in [5.41, 5.74) is -1.07. The van der Waals surface area contributed by atoms with Gasteiger partial charge in [-0.3, -0.25) is 24.1 Å². The zero-order valence-electron chi connectivity index (χ0n) is 14.9. The lowest BCUT2D eigenvalue weighted by Crippen LogP contribution is -2.38. The highest BCUT2D eigenvalue weighted by atomic mass is 32.2. The number of carbonyl (C=O) groups is 4. The molecule has 158 valence electrons. The van der Waals surface area contributed by atoms with E-state index in [0.717, 1.165) is 18.2 Å². The summed E-state index contributed by atoms with van der Waals surface area (Å²) in [6, 6.07) is 3.96. The molecule has 1 aliphatic rings. The molecule has 0 saturated carbocycles. The Labute approximate surface area is 175 Å². The van der Waals surface area contributed by atoms with Crippen LogP contribution < -0.4 is 10.6 Å². The van der Waals surface area contributed by atoms with Crippen molar-refractivity contribution in [3.8, 4) is 0 Å². The lowest BCUT2D eigenvalue weighted by atomic mass is 10.2. The van der Waals surface area contributed by atoms with E-state index in [1.165, 1.54) is 23.6 Å². The van der Waals surface area contributed by atoms with Crippen LogP contribution >= 0.6 is 23.1 Å². The Balaban J connectivity index is 1.57. The van der Waals surface area contributed by atoms with E-state index < -0.39 is 46.5 Å². The largest absolute Gasteiger partial charge is 0.416 e. The second-order valence-electron chi connectivity index (χ2n) is 6.01. The van der Waals surface area contributed by atoms with Crippen LogP contribution in [0.25, 0.3) is 0 Å². The first-order chi connectivity index (χ1) is 14.1. The maximum absolute atomic E-state index is 12.8. The Morgan fingerprint density at radius 2 is 1.93 bits per heavy atom. The van der Waals surface area contributed by atoms with Crippen LogP contribution in [-0.4, -0.2) is 44.6 Å². The molecule has 1 aliphatic heterocycles. The van der Waals surface area contributed by atoms with Crippen molar-refractivity contribution in [1.29, 1.82) is 0 Å². The minimum Gasteiger partial charge on any atom is -0.325 e. The number of benzene rings is 1. The second-order valence-corrected chi connectivity index (χ2v) is 8.06. The van der Waals surface area contributed by atoms with Crippen LogP contribution in [0.15, 0.2) is 35.8 Å². The number of thiazole rings is 1. The van der Waals surface area contributed by atoms with Crippen molar-refractivity contribution in [2.45, 2.75) is 17.8 Å². The molecule has 0 bridgehead atoms. The monoisotopic (exact) mass is 458 g/mol. The van der Waals surface area contributed by atoms with Gasteiger partial charge in [0.1, 0.15) is 11.8 Å². The summed E-state index contributed by atoms with van der Waals surface area (Å²) in [6.07, 6.45) is -3.38. The number of amides is 4. The molecule has 13 heteroatoms. The van der Waals surface area contributed by atoms with Gasteiger partial charge in [-0.15, -0.1) is 11.3 Å². The molecule has 4 amide bonds. The van der Waals surface area contributed by atoms with E-state index in [1.807, 2.05) is 0 Å². The molecule has 0 aliphatic carbocycles. The van der Waals surface area contributed by atoms with Crippen LogP contribution in [0.3, 0.4) is 0 Å². The summed E-state index contributed by atoms with van der Waals surface area (Å²) in [6.45, 7) is -0.675. The Kier molecular flexibility index (Phi) is 6.41. The summed E-state index contributed by atoms with van der Waals surface area (Å²) in [5.74, 6) is -2.08. The standard InChI is InChI=1S/C17H13F3N4O4S2/c18-17(19,20)9-2-1-3-10(6-9)22-13(26)8-24-14(27)11(30-16(24)28)7-12(25)23-15-21-4-5-29-15/h1-6,11H,7-8H2,(H,22,26)(H,21,23,25). The third-order valence-corrected chi connectivity index (χ3v) is 5.59. The van der Waals surface area contributed by atoms with E-state index in [0.29, 0.717) is 21.8 Å². The van der Waals surface area contributed by atoms with E-state index in [9.17, 15) is 32.3 Å². The van der Waals surface area contributed by atoms with Crippen LogP contribution in [0, 0.1) is 0 Å². The molecule has 8 nitrogen and oxygen atoms in total. The van der Waals surface area contributed by atoms with Crippen LogP contribution in [-0.2, 0) is 20.6 Å². The van der Waals surface area contributed by atoms with Gasteiger partial charge in [-0.25, -0.2) is 4.98 Å². The number of thioether (sulfide) groups is 1. The van der Waals surface area contributed by atoms with Gasteiger partial charge in [0.05, 0.1) is 5.56 Å². The number of aromatic nitrogens is 1. The molecule has 2 aromatic rings. The normalized spacial score (nSPS) is 16.6. The third kappa shape index (κ3) is 5.36. The predicted molar refractivity (Wildman–Crippen MR) is 104 cm³/mol. The summed E-state index contributed by atoms with van der Waals surface area (Å²) >= 11 is 1.79. The summed E-state index contributed by atoms with van der Waals surface area (Å²) < 4.78 is 38.3.